The van der Waals surface area contributed by atoms with Gasteiger partial charge in [0.15, 0.2) is 0 Å². The summed E-state index contributed by atoms with van der Waals surface area (Å²) < 4.78 is 1.18. The number of aliphatic carboxylic acids is 1. The molecule has 0 atom stereocenters. The molecule has 1 amide bonds. The van der Waals surface area contributed by atoms with Crippen molar-refractivity contribution in [2.45, 2.75) is 19.3 Å². The first-order chi connectivity index (χ1) is 8.65. The van der Waals surface area contributed by atoms with Crippen molar-refractivity contribution in [1.29, 1.82) is 0 Å². The van der Waals surface area contributed by atoms with E-state index in [1.54, 1.807) is 11.3 Å². The molecule has 4 nitrogen and oxygen atoms in total. The lowest BCUT2D eigenvalue weighted by Gasteiger charge is -2.04. The van der Waals surface area contributed by atoms with E-state index in [9.17, 15) is 9.59 Å². The summed E-state index contributed by atoms with van der Waals surface area (Å²) in [7, 11) is 0. The minimum absolute atomic E-state index is 0.0248. The van der Waals surface area contributed by atoms with Crippen molar-refractivity contribution in [3.8, 4) is 0 Å². The van der Waals surface area contributed by atoms with Gasteiger partial charge in [-0.05, 0) is 41.5 Å². The molecule has 0 aliphatic heterocycles. The Morgan fingerprint density at radius 3 is 2.83 bits per heavy atom. The van der Waals surface area contributed by atoms with Gasteiger partial charge in [0.2, 0.25) is 5.91 Å². The van der Waals surface area contributed by atoms with E-state index in [-0.39, 0.29) is 18.7 Å². The van der Waals surface area contributed by atoms with Crippen LogP contribution in [0.3, 0.4) is 0 Å². The molecule has 1 aromatic carbocycles. The van der Waals surface area contributed by atoms with Crippen LogP contribution in [0, 0.1) is 0 Å². The summed E-state index contributed by atoms with van der Waals surface area (Å²) in [6.45, 7) is 0. The van der Waals surface area contributed by atoms with Gasteiger partial charge in [-0.1, -0.05) is 0 Å². The van der Waals surface area contributed by atoms with Gasteiger partial charge in [0.1, 0.15) is 0 Å². The summed E-state index contributed by atoms with van der Waals surface area (Å²) in [5, 5.41) is 14.4. The van der Waals surface area contributed by atoms with Crippen LogP contribution in [-0.4, -0.2) is 17.0 Å². The van der Waals surface area contributed by atoms with Crippen LogP contribution >= 0.6 is 11.3 Å². The van der Waals surface area contributed by atoms with Crippen molar-refractivity contribution in [1.82, 2.24) is 0 Å². The molecule has 2 N–H and O–H groups in total. The Labute approximate surface area is 108 Å². The van der Waals surface area contributed by atoms with Crippen molar-refractivity contribution in [2.75, 3.05) is 5.32 Å². The average molecular weight is 263 g/mol. The lowest BCUT2D eigenvalue weighted by molar-refractivity contribution is -0.137. The Balaban J connectivity index is 1.91. The molecule has 0 radical (unpaired) electrons. The van der Waals surface area contributed by atoms with Crippen LogP contribution in [0.4, 0.5) is 5.69 Å². The zero-order valence-electron chi connectivity index (χ0n) is 9.68. The van der Waals surface area contributed by atoms with Crippen molar-refractivity contribution in [2.24, 2.45) is 0 Å². The number of amides is 1. The Hall–Kier alpha value is -1.88. The molecule has 2 aromatic rings. The van der Waals surface area contributed by atoms with E-state index in [4.69, 9.17) is 5.11 Å². The van der Waals surface area contributed by atoms with Crippen LogP contribution < -0.4 is 5.32 Å². The molecule has 0 saturated carbocycles. The molecule has 0 spiro atoms. The van der Waals surface area contributed by atoms with E-state index < -0.39 is 5.97 Å². The van der Waals surface area contributed by atoms with Crippen LogP contribution in [-0.2, 0) is 9.59 Å². The summed E-state index contributed by atoms with van der Waals surface area (Å²) in [5.41, 5.74) is 0.751. The van der Waals surface area contributed by atoms with Crippen molar-refractivity contribution in [3.63, 3.8) is 0 Å². The third kappa shape index (κ3) is 3.30. The van der Waals surface area contributed by atoms with Gasteiger partial charge in [0.05, 0.1) is 0 Å². The Morgan fingerprint density at radius 1 is 1.22 bits per heavy atom. The maximum absolute atomic E-state index is 11.6. The SMILES string of the molecule is O=C(O)CCCC(=O)Nc1ccc2sccc2c1. The highest BCUT2D eigenvalue weighted by Crippen LogP contribution is 2.24. The van der Waals surface area contributed by atoms with E-state index in [0.717, 1.165) is 11.1 Å². The Morgan fingerprint density at radius 2 is 2.06 bits per heavy atom. The zero-order chi connectivity index (χ0) is 13.0. The van der Waals surface area contributed by atoms with Gasteiger partial charge in [-0.3, -0.25) is 9.59 Å². The number of rotatable bonds is 5. The highest BCUT2D eigenvalue weighted by molar-refractivity contribution is 7.17. The molecule has 0 saturated heterocycles. The lowest BCUT2D eigenvalue weighted by Crippen LogP contribution is -2.11. The van der Waals surface area contributed by atoms with Crippen LogP contribution in [0.2, 0.25) is 0 Å². The van der Waals surface area contributed by atoms with E-state index in [2.05, 4.69) is 5.32 Å². The molecule has 0 aliphatic carbocycles. The summed E-state index contributed by atoms with van der Waals surface area (Å²) >= 11 is 1.65. The number of carbonyl (C=O) groups is 2. The highest BCUT2D eigenvalue weighted by atomic mass is 32.1. The molecule has 1 heterocycles. The van der Waals surface area contributed by atoms with E-state index in [1.165, 1.54) is 4.70 Å². The van der Waals surface area contributed by atoms with Crippen LogP contribution in [0.1, 0.15) is 19.3 Å². The average Bonchev–Trinajstić information content (AvgIpc) is 2.75. The van der Waals surface area contributed by atoms with Gasteiger partial charge >= 0.3 is 5.97 Å². The summed E-state index contributed by atoms with van der Waals surface area (Å²) in [6.07, 6.45) is 0.618. The number of anilines is 1. The van der Waals surface area contributed by atoms with E-state index in [1.807, 2.05) is 29.6 Å². The first-order valence-corrected chi connectivity index (χ1v) is 6.52. The molecular formula is C13H13NO3S. The van der Waals surface area contributed by atoms with Crippen molar-refractivity contribution < 1.29 is 14.7 Å². The number of benzene rings is 1. The normalized spacial score (nSPS) is 10.4. The predicted octanol–water partition coefficient (Wildman–Crippen LogP) is 3.09. The molecule has 0 aliphatic rings. The number of carboxylic acids is 1. The summed E-state index contributed by atoms with van der Waals surface area (Å²) in [4.78, 5) is 21.9. The first kappa shape index (κ1) is 12.6. The van der Waals surface area contributed by atoms with Gasteiger partial charge in [-0.25, -0.2) is 0 Å². The molecule has 0 bridgehead atoms. The number of nitrogens with one attached hydrogen (secondary N) is 1. The zero-order valence-corrected chi connectivity index (χ0v) is 10.5. The fraction of sp³-hybridized carbons (Fsp3) is 0.231. The lowest BCUT2D eigenvalue weighted by atomic mass is 10.2. The molecule has 94 valence electrons. The fourth-order valence-corrected chi connectivity index (χ4v) is 2.44. The van der Waals surface area contributed by atoms with E-state index in [0.29, 0.717) is 6.42 Å². The third-order valence-corrected chi connectivity index (χ3v) is 3.43. The predicted molar refractivity (Wildman–Crippen MR) is 71.9 cm³/mol. The van der Waals surface area contributed by atoms with Crippen LogP contribution in [0.5, 0.6) is 0 Å². The number of hydrogen-bond donors (Lipinski definition) is 2. The largest absolute Gasteiger partial charge is 0.481 e. The molecular weight excluding hydrogens is 250 g/mol. The quantitative estimate of drug-likeness (QED) is 0.871. The van der Waals surface area contributed by atoms with Gasteiger partial charge in [-0.15, -0.1) is 11.3 Å². The fourth-order valence-electron chi connectivity index (χ4n) is 1.67. The minimum atomic E-state index is -0.873. The van der Waals surface area contributed by atoms with Gasteiger partial charge in [0, 0.05) is 23.2 Å². The second-order valence-corrected chi connectivity index (χ2v) is 4.92. The molecule has 1 aromatic heterocycles. The van der Waals surface area contributed by atoms with Gasteiger partial charge in [-0.2, -0.15) is 0 Å². The third-order valence-electron chi connectivity index (χ3n) is 2.53. The van der Waals surface area contributed by atoms with Gasteiger partial charge in [0.25, 0.3) is 0 Å². The second-order valence-electron chi connectivity index (χ2n) is 3.97. The molecule has 0 unspecified atom stereocenters. The van der Waals surface area contributed by atoms with Gasteiger partial charge < -0.3 is 10.4 Å². The molecule has 5 heteroatoms. The van der Waals surface area contributed by atoms with E-state index >= 15 is 0 Å². The van der Waals surface area contributed by atoms with Crippen LogP contribution in [0.25, 0.3) is 10.1 Å². The Bertz CT molecular complexity index is 576. The highest BCUT2D eigenvalue weighted by Gasteiger charge is 2.05. The smallest absolute Gasteiger partial charge is 0.303 e. The molecule has 2 rings (SSSR count). The molecule has 18 heavy (non-hydrogen) atoms. The maximum Gasteiger partial charge on any atom is 0.303 e. The second kappa shape index (κ2) is 5.64. The Kier molecular flexibility index (Phi) is 3.94. The number of carbonyl (C=O) groups excluding carboxylic acids is 1. The topological polar surface area (TPSA) is 66.4 Å². The minimum Gasteiger partial charge on any atom is -0.481 e. The standard InChI is InChI=1S/C13H13NO3S/c15-12(2-1-3-13(16)17)14-10-4-5-11-9(8-10)6-7-18-11/h4-8H,1-3H2,(H,14,15)(H,16,17). The molecule has 0 fully saturated rings. The number of thiophene rings is 1. The van der Waals surface area contributed by atoms with Crippen molar-refractivity contribution >= 4 is 39.0 Å². The monoisotopic (exact) mass is 263 g/mol. The van der Waals surface area contributed by atoms with Crippen LogP contribution in [0.15, 0.2) is 29.6 Å². The number of carboxylic acid groups (broad SMARTS) is 1. The first-order valence-electron chi connectivity index (χ1n) is 5.64. The summed E-state index contributed by atoms with van der Waals surface area (Å²) in [6, 6.07) is 7.74. The maximum atomic E-state index is 11.6. The van der Waals surface area contributed by atoms with Crippen molar-refractivity contribution in [3.05, 3.63) is 29.6 Å². The summed E-state index contributed by atoms with van der Waals surface area (Å²) in [5.74, 6) is -1.02. The number of fused-ring (bicyclic) bond motifs is 1. The number of hydrogen-bond acceptors (Lipinski definition) is 3.